The van der Waals surface area contributed by atoms with Gasteiger partial charge in [0.05, 0.1) is 26.8 Å². The van der Waals surface area contributed by atoms with E-state index in [4.69, 9.17) is 16.9 Å². The van der Waals surface area contributed by atoms with E-state index in [-0.39, 0.29) is 11.9 Å². The number of benzene rings is 2. The van der Waals surface area contributed by atoms with Crippen LogP contribution in [0.4, 0.5) is 10.1 Å². The Hall–Kier alpha value is -1.57. The highest BCUT2D eigenvalue weighted by Gasteiger charge is 2.10. The van der Waals surface area contributed by atoms with Gasteiger partial charge in [-0.1, -0.05) is 17.7 Å². The van der Waals surface area contributed by atoms with Crippen molar-refractivity contribution in [3.05, 3.63) is 62.8 Å². The Labute approximate surface area is 130 Å². The van der Waals surface area contributed by atoms with E-state index in [9.17, 15) is 4.39 Å². The van der Waals surface area contributed by atoms with Crippen LogP contribution in [0.1, 0.15) is 24.1 Å². The number of nitrogens with one attached hydrogen (secondary N) is 1. The lowest BCUT2D eigenvalue weighted by Crippen LogP contribution is -2.07. The zero-order chi connectivity index (χ0) is 14.7. The van der Waals surface area contributed by atoms with Gasteiger partial charge in [-0.3, -0.25) is 0 Å². The molecule has 20 heavy (non-hydrogen) atoms. The third-order valence-electron chi connectivity index (χ3n) is 2.91. The molecular weight excluding hydrogens is 343 g/mol. The summed E-state index contributed by atoms with van der Waals surface area (Å²) in [6, 6.07) is 11.9. The average Bonchev–Trinajstić information content (AvgIpc) is 2.43. The lowest BCUT2D eigenvalue weighted by molar-refractivity contribution is 0.619. The summed E-state index contributed by atoms with van der Waals surface area (Å²) in [5.74, 6) is -0.294. The minimum atomic E-state index is -0.294. The Morgan fingerprint density at radius 3 is 2.65 bits per heavy atom. The highest BCUT2D eigenvalue weighted by Crippen LogP contribution is 2.28. The zero-order valence-corrected chi connectivity index (χ0v) is 13.0. The predicted molar refractivity (Wildman–Crippen MR) is 82.3 cm³/mol. The van der Waals surface area contributed by atoms with E-state index in [1.54, 1.807) is 30.3 Å². The van der Waals surface area contributed by atoms with Gasteiger partial charge >= 0.3 is 0 Å². The van der Waals surface area contributed by atoms with Crippen molar-refractivity contribution in [1.29, 1.82) is 5.26 Å². The van der Waals surface area contributed by atoms with Gasteiger partial charge in [0.2, 0.25) is 0 Å². The Bertz CT molecular complexity index is 682. The topological polar surface area (TPSA) is 35.8 Å². The van der Waals surface area contributed by atoms with Crippen LogP contribution in [-0.2, 0) is 0 Å². The number of hydrogen-bond donors (Lipinski definition) is 1. The monoisotopic (exact) mass is 352 g/mol. The third kappa shape index (κ3) is 3.30. The van der Waals surface area contributed by atoms with Crippen LogP contribution in [0.15, 0.2) is 40.9 Å². The molecule has 0 fully saturated rings. The molecule has 1 unspecified atom stereocenters. The Kier molecular flexibility index (Phi) is 4.64. The number of halogens is 3. The average molecular weight is 354 g/mol. The van der Waals surface area contributed by atoms with Crippen molar-refractivity contribution in [2.24, 2.45) is 0 Å². The van der Waals surface area contributed by atoms with E-state index in [1.165, 1.54) is 6.07 Å². The van der Waals surface area contributed by atoms with Crippen molar-refractivity contribution >= 4 is 33.2 Å². The molecule has 0 aliphatic carbocycles. The predicted octanol–water partition coefficient (Wildman–Crippen LogP) is 5.29. The van der Waals surface area contributed by atoms with Crippen LogP contribution in [-0.4, -0.2) is 0 Å². The summed E-state index contributed by atoms with van der Waals surface area (Å²) in [5.41, 5.74) is 2.18. The maximum absolute atomic E-state index is 13.2. The quantitative estimate of drug-likeness (QED) is 0.814. The van der Waals surface area contributed by atoms with Gasteiger partial charge in [0.15, 0.2) is 0 Å². The number of nitrogens with zero attached hydrogens (tertiary/aromatic N) is 1. The second-order valence-electron chi connectivity index (χ2n) is 4.35. The van der Waals surface area contributed by atoms with Gasteiger partial charge in [0, 0.05) is 6.04 Å². The summed E-state index contributed by atoms with van der Waals surface area (Å²) in [6.07, 6.45) is 0. The molecule has 0 amide bonds. The first-order valence-corrected chi connectivity index (χ1v) is 7.09. The molecule has 1 atom stereocenters. The van der Waals surface area contributed by atoms with Crippen molar-refractivity contribution in [3.63, 3.8) is 0 Å². The first-order valence-electron chi connectivity index (χ1n) is 5.92. The standard InChI is InChI=1S/C15H11BrClFN2/c1-9(11-3-4-14(18)12(16)7-11)20-15-5-2-10(8-19)6-13(15)17/h2-7,9,20H,1H3. The maximum atomic E-state index is 13.2. The molecule has 0 aliphatic rings. The summed E-state index contributed by atoms with van der Waals surface area (Å²) < 4.78 is 13.6. The van der Waals surface area contributed by atoms with E-state index < -0.39 is 0 Å². The molecular formula is C15H11BrClFN2. The molecule has 2 aromatic carbocycles. The van der Waals surface area contributed by atoms with Crippen LogP contribution in [0.25, 0.3) is 0 Å². The van der Waals surface area contributed by atoms with Crippen molar-refractivity contribution < 1.29 is 4.39 Å². The van der Waals surface area contributed by atoms with Gasteiger partial charge in [0.1, 0.15) is 5.82 Å². The van der Waals surface area contributed by atoms with Crippen molar-refractivity contribution in [2.75, 3.05) is 5.32 Å². The first kappa shape index (κ1) is 14.8. The number of nitriles is 1. The minimum Gasteiger partial charge on any atom is -0.377 e. The Balaban J connectivity index is 2.21. The first-order chi connectivity index (χ1) is 9.51. The van der Waals surface area contributed by atoms with Crippen LogP contribution in [0.2, 0.25) is 5.02 Å². The Morgan fingerprint density at radius 2 is 2.05 bits per heavy atom. The largest absolute Gasteiger partial charge is 0.377 e. The van der Waals surface area contributed by atoms with Crippen LogP contribution in [0.3, 0.4) is 0 Å². The number of anilines is 1. The van der Waals surface area contributed by atoms with Gasteiger partial charge in [0.25, 0.3) is 0 Å². The second kappa shape index (κ2) is 6.25. The maximum Gasteiger partial charge on any atom is 0.137 e. The molecule has 0 aliphatic heterocycles. The van der Waals surface area contributed by atoms with E-state index in [0.29, 0.717) is 15.1 Å². The van der Waals surface area contributed by atoms with Gasteiger partial charge in [-0.2, -0.15) is 5.26 Å². The van der Waals surface area contributed by atoms with E-state index >= 15 is 0 Å². The summed E-state index contributed by atoms with van der Waals surface area (Å²) in [4.78, 5) is 0. The van der Waals surface area contributed by atoms with E-state index in [1.807, 2.05) is 13.0 Å². The molecule has 0 spiro atoms. The molecule has 5 heteroatoms. The normalized spacial score (nSPS) is 11.8. The Morgan fingerprint density at radius 1 is 1.30 bits per heavy atom. The van der Waals surface area contributed by atoms with Gasteiger partial charge < -0.3 is 5.32 Å². The van der Waals surface area contributed by atoms with Crippen molar-refractivity contribution in [2.45, 2.75) is 13.0 Å². The minimum absolute atomic E-state index is 0.0441. The summed E-state index contributed by atoms with van der Waals surface area (Å²) in [5, 5.41) is 12.5. The summed E-state index contributed by atoms with van der Waals surface area (Å²) in [7, 11) is 0. The SMILES string of the molecule is CC(Nc1ccc(C#N)cc1Cl)c1ccc(F)c(Br)c1. The van der Waals surface area contributed by atoms with Gasteiger partial charge in [-0.05, 0) is 58.7 Å². The lowest BCUT2D eigenvalue weighted by atomic mass is 10.1. The van der Waals surface area contributed by atoms with Gasteiger partial charge in [-0.15, -0.1) is 0 Å². The fraction of sp³-hybridized carbons (Fsp3) is 0.133. The highest BCUT2D eigenvalue weighted by atomic mass is 79.9. The molecule has 102 valence electrons. The van der Waals surface area contributed by atoms with E-state index in [0.717, 1.165) is 11.3 Å². The summed E-state index contributed by atoms with van der Waals surface area (Å²) in [6.45, 7) is 1.95. The third-order valence-corrected chi connectivity index (χ3v) is 3.83. The van der Waals surface area contributed by atoms with Crippen LogP contribution >= 0.6 is 27.5 Å². The van der Waals surface area contributed by atoms with Crippen molar-refractivity contribution in [1.82, 2.24) is 0 Å². The molecule has 1 N–H and O–H groups in total. The highest BCUT2D eigenvalue weighted by molar-refractivity contribution is 9.10. The molecule has 2 nitrogen and oxygen atoms in total. The van der Waals surface area contributed by atoms with Crippen LogP contribution in [0, 0.1) is 17.1 Å². The molecule has 0 radical (unpaired) electrons. The summed E-state index contributed by atoms with van der Waals surface area (Å²) >= 11 is 9.28. The molecule has 2 rings (SSSR count). The fourth-order valence-corrected chi connectivity index (χ4v) is 2.43. The second-order valence-corrected chi connectivity index (χ2v) is 5.61. The van der Waals surface area contributed by atoms with Crippen LogP contribution < -0.4 is 5.32 Å². The van der Waals surface area contributed by atoms with Gasteiger partial charge in [-0.25, -0.2) is 4.39 Å². The molecule has 0 saturated heterocycles. The number of rotatable bonds is 3. The lowest BCUT2D eigenvalue weighted by Gasteiger charge is -2.17. The van der Waals surface area contributed by atoms with Crippen molar-refractivity contribution in [3.8, 4) is 6.07 Å². The van der Waals surface area contributed by atoms with E-state index in [2.05, 4.69) is 21.2 Å². The molecule has 0 bridgehead atoms. The molecule has 0 aromatic heterocycles. The molecule has 2 aromatic rings. The van der Waals surface area contributed by atoms with Crippen LogP contribution in [0.5, 0.6) is 0 Å². The molecule has 0 saturated carbocycles. The fourth-order valence-electron chi connectivity index (χ4n) is 1.80. The zero-order valence-electron chi connectivity index (χ0n) is 10.6. The number of hydrogen-bond acceptors (Lipinski definition) is 2. The smallest absolute Gasteiger partial charge is 0.137 e. The molecule has 0 heterocycles.